The maximum Gasteiger partial charge on any atom is 0.122 e. The van der Waals surface area contributed by atoms with E-state index in [0.29, 0.717) is 5.92 Å². The average Bonchev–Trinajstić information content (AvgIpc) is 2.73. The molecule has 17 heavy (non-hydrogen) atoms. The van der Waals surface area contributed by atoms with Gasteiger partial charge in [-0.2, -0.15) is 0 Å². The highest BCUT2D eigenvalue weighted by Gasteiger charge is 2.25. The van der Waals surface area contributed by atoms with E-state index < -0.39 is 6.10 Å². The third-order valence-electron chi connectivity index (χ3n) is 3.31. The molecule has 1 aliphatic carbocycles. The van der Waals surface area contributed by atoms with E-state index in [-0.39, 0.29) is 0 Å². The molecule has 1 N–H and O–H groups in total. The lowest BCUT2D eigenvalue weighted by atomic mass is 9.86. The Kier molecular flexibility index (Phi) is 2.53. The number of thiazole rings is 1. The number of aliphatic hydroxyl groups is 1. The van der Waals surface area contributed by atoms with Crippen LogP contribution in [0, 0.1) is 0 Å². The van der Waals surface area contributed by atoms with Gasteiger partial charge in [-0.3, -0.25) is 0 Å². The first kappa shape index (κ1) is 10.9. The number of fused-ring (bicyclic) bond motifs is 3. The lowest BCUT2D eigenvalue weighted by molar-refractivity contribution is 0.199. The summed E-state index contributed by atoms with van der Waals surface area (Å²) in [4.78, 5) is 5.91. The van der Waals surface area contributed by atoms with Crippen LogP contribution in [-0.2, 0) is 6.42 Å². The fourth-order valence-corrected chi connectivity index (χ4v) is 3.57. The van der Waals surface area contributed by atoms with Crippen molar-refractivity contribution in [2.75, 3.05) is 0 Å². The zero-order valence-electron chi connectivity index (χ0n) is 9.97. The standard InChI is InChI=1S/C14H15NOS/c1-8-7-12-13(15-14(17-12)9(2)16)11-6-4-3-5-10(8)11/h3-6,8-9,16H,7H2,1-2H3. The van der Waals surface area contributed by atoms with E-state index in [1.807, 2.05) is 0 Å². The fourth-order valence-electron chi connectivity index (χ4n) is 2.43. The van der Waals surface area contributed by atoms with Crippen LogP contribution in [0.25, 0.3) is 11.3 Å². The fraction of sp³-hybridized carbons (Fsp3) is 0.357. The van der Waals surface area contributed by atoms with E-state index in [2.05, 4.69) is 36.2 Å². The van der Waals surface area contributed by atoms with Crippen LogP contribution in [0.2, 0.25) is 0 Å². The summed E-state index contributed by atoms with van der Waals surface area (Å²) in [7, 11) is 0. The summed E-state index contributed by atoms with van der Waals surface area (Å²) >= 11 is 1.65. The van der Waals surface area contributed by atoms with E-state index in [0.717, 1.165) is 17.1 Å². The minimum Gasteiger partial charge on any atom is -0.386 e. The van der Waals surface area contributed by atoms with Gasteiger partial charge in [0, 0.05) is 10.4 Å². The maximum atomic E-state index is 9.63. The Balaban J connectivity index is 2.19. The monoisotopic (exact) mass is 245 g/mol. The number of aromatic nitrogens is 1. The van der Waals surface area contributed by atoms with Crippen LogP contribution in [-0.4, -0.2) is 10.1 Å². The molecule has 2 aromatic rings. The molecule has 0 aliphatic heterocycles. The van der Waals surface area contributed by atoms with Crippen LogP contribution < -0.4 is 0 Å². The molecule has 88 valence electrons. The van der Waals surface area contributed by atoms with Gasteiger partial charge in [0.25, 0.3) is 0 Å². The van der Waals surface area contributed by atoms with Gasteiger partial charge in [-0.1, -0.05) is 31.2 Å². The van der Waals surface area contributed by atoms with Crippen molar-refractivity contribution in [3.63, 3.8) is 0 Å². The van der Waals surface area contributed by atoms with E-state index in [1.54, 1.807) is 18.3 Å². The van der Waals surface area contributed by atoms with E-state index in [4.69, 9.17) is 0 Å². The van der Waals surface area contributed by atoms with E-state index in [9.17, 15) is 5.11 Å². The minimum absolute atomic E-state index is 0.465. The molecule has 1 aromatic carbocycles. The summed E-state index contributed by atoms with van der Waals surface area (Å²) in [6.07, 6.45) is 0.574. The predicted octanol–water partition coefficient (Wildman–Crippen LogP) is 3.52. The number of hydrogen-bond donors (Lipinski definition) is 1. The van der Waals surface area contributed by atoms with Crippen LogP contribution in [0.15, 0.2) is 24.3 Å². The molecule has 0 saturated heterocycles. The van der Waals surface area contributed by atoms with Gasteiger partial charge in [0.1, 0.15) is 11.1 Å². The summed E-state index contributed by atoms with van der Waals surface area (Å²) in [6.45, 7) is 4.03. The highest BCUT2D eigenvalue weighted by molar-refractivity contribution is 7.12. The largest absolute Gasteiger partial charge is 0.386 e. The van der Waals surface area contributed by atoms with Crippen molar-refractivity contribution in [1.82, 2.24) is 4.98 Å². The highest BCUT2D eigenvalue weighted by atomic mass is 32.1. The van der Waals surface area contributed by atoms with Crippen LogP contribution in [0.4, 0.5) is 0 Å². The summed E-state index contributed by atoms with van der Waals surface area (Å²) < 4.78 is 0. The van der Waals surface area contributed by atoms with Crippen molar-refractivity contribution in [3.8, 4) is 11.3 Å². The molecule has 0 spiro atoms. The molecule has 1 aliphatic rings. The van der Waals surface area contributed by atoms with Crippen molar-refractivity contribution in [1.29, 1.82) is 0 Å². The number of benzene rings is 1. The molecule has 0 bridgehead atoms. The maximum absolute atomic E-state index is 9.63. The first-order valence-corrected chi connectivity index (χ1v) is 6.75. The smallest absolute Gasteiger partial charge is 0.122 e. The van der Waals surface area contributed by atoms with Gasteiger partial charge in [0.15, 0.2) is 0 Å². The number of rotatable bonds is 1. The van der Waals surface area contributed by atoms with Crippen molar-refractivity contribution < 1.29 is 5.11 Å². The quantitative estimate of drug-likeness (QED) is 0.833. The molecule has 3 heteroatoms. The first-order chi connectivity index (χ1) is 8.16. The molecule has 1 heterocycles. The Labute approximate surface area is 105 Å². The third kappa shape index (κ3) is 1.70. The van der Waals surface area contributed by atoms with Gasteiger partial charge in [-0.05, 0) is 24.8 Å². The molecule has 2 unspecified atom stereocenters. The topological polar surface area (TPSA) is 33.1 Å². The molecule has 2 atom stereocenters. The molecule has 0 amide bonds. The van der Waals surface area contributed by atoms with Crippen LogP contribution in [0.3, 0.4) is 0 Å². The number of hydrogen-bond acceptors (Lipinski definition) is 3. The SMILES string of the molecule is CC(O)c1nc2c(s1)CC(C)c1ccccc1-2. The predicted molar refractivity (Wildman–Crippen MR) is 70.3 cm³/mol. The third-order valence-corrected chi connectivity index (χ3v) is 4.56. The summed E-state index contributed by atoms with van der Waals surface area (Å²) in [5, 5.41) is 10.5. The normalized spacial score (nSPS) is 19.6. The van der Waals surface area contributed by atoms with Gasteiger partial charge >= 0.3 is 0 Å². The lowest BCUT2D eigenvalue weighted by Crippen LogP contribution is -2.06. The Bertz CT molecular complexity index is 559. The number of nitrogens with zero attached hydrogens (tertiary/aromatic N) is 1. The summed E-state index contributed by atoms with van der Waals surface area (Å²) in [6, 6.07) is 8.46. The van der Waals surface area contributed by atoms with Gasteiger partial charge in [-0.25, -0.2) is 4.98 Å². The van der Waals surface area contributed by atoms with Crippen molar-refractivity contribution in [2.24, 2.45) is 0 Å². The second-order valence-electron chi connectivity index (χ2n) is 4.69. The van der Waals surface area contributed by atoms with Gasteiger partial charge in [-0.15, -0.1) is 11.3 Å². The molecule has 2 nitrogen and oxygen atoms in total. The second-order valence-corrected chi connectivity index (χ2v) is 5.81. The molecule has 0 saturated carbocycles. The van der Waals surface area contributed by atoms with Gasteiger partial charge in [0.05, 0.1) is 5.69 Å². The summed E-state index contributed by atoms with van der Waals surface area (Å²) in [5.41, 5.74) is 3.70. The second kappa shape index (κ2) is 3.93. The Morgan fingerprint density at radius 3 is 2.94 bits per heavy atom. The van der Waals surface area contributed by atoms with E-state index in [1.165, 1.54) is 16.0 Å². The van der Waals surface area contributed by atoms with E-state index >= 15 is 0 Å². The van der Waals surface area contributed by atoms with Gasteiger partial charge < -0.3 is 5.11 Å². The summed E-state index contributed by atoms with van der Waals surface area (Å²) in [5.74, 6) is 0.543. The average molecular weight is 245 g/mol. The van der Waals surface area contributed by atoms with Gasteiger partial charge in [0.2, 0.25) is 0 Å². The van der Waals surface area contributed by atoms with Crippen molar-refractivity contribution >= 4 is 11.3 Å². The minimum atomic E-state index is -0.465. The van der Waals surface area contributed by atoms with Crippen LogP contribution >= 0.6 is 11.3 Å². The Morgan fingerprint density at radius 2 is 2.18 bits per heavy atom. The lowest BCUT2D eigenvalue weighted by Gasteiger charge is -2.21. The number of aliphatic hydroxyl groups excluding tert-OH is 1. The zero-order chi connectivity index (χ0) is 12.0. The molecule has 3 rings (SSSR count). The molecule has 1 aromatic heterocycles. The molecular formula is C14H15NOS. The molecule has 0 fully saturated rings. The zero-order valence-corrected chi connectivity index (χ0v) is 10.8. The first-order valence-electron chi connectivity index (χ1n) is 5.93. The van der Waals surface area contributed by atoms with Crippen molar-refractivity contribution in [3.05, 3.63) is 39.7 Å². The molecule has 0 radical (unpaired) electrons. The van der Waals surface area contributed by atoms with Crippen molar-refractivity contribution in [2.45, 2.75) is 32.3 Å². The Hall–Kier alpha value is -1.19. The molecular weight excluding hydrogens is 230 g/mol. The van der Waals surface area contributed by atoms with Crippen LogP contribution in [0.1, 0.15) is 41.3 Å². The highest BCUT2D eigenvalue weighted by Crippen LogP contribution is 2.42. The Morgan fingerprint density at radius 1 is 1.41 bits per heavy atom. The van der Waals surface area contributed by atoms with Crippen LogP contribution in [0.5, 0.6) is 0 Å².